The van der Waals surface area contributed by atoms with Crippen molar-refractivity contribution in [2.45, 2.75) is 32.5 Å². The van der Waals surface area contributed by atoms with Gasteiger partial charge in [0.15, 0.2) is 0 Å². The van der Waals surface area contributed by atoms with E-state index in [0.29, 0.717) is 6.42 Å². The molecule has 1 N–H and O–H groups in total. The van der Waals surface area contributed by atoms with Crippen LogP contribution in [0.3, 0.4) is 0 Å². The molecule has 3 heteroatoms. The van der Waals surface area contributed by atoms with Crippen molar-refractivity contribution in [3.8, 4) is 11.5 Å². The lowest BCUT2D eigenvalue weighted by Crippen LogP contribution is -2.19. The zero-order valence-corrected chi connectivity index (χ0v) is 11.6. The molecular weight excluding hydrogens is 226 g/mol. The summed E-state index contributed by atoms with van der Waals surface area (Å²) >= 11 is 0. The molecule has 2 rings (SSSR count). The molecule has 88 valence electrons. The molecule has 0 radical (unpaired) electrons. The van der Waals surface area contributed by atoms with E-state index in [0.717, 1.165) is 17.7 Å². The largest absolute Gasteiger partial charge is 0.326 e. The van der Waals surface area contributed by atoms with Gasteiger partial charge >= 0.3 is 0 Å². The molecule has 1 amide bonds. The summed E-state index contributed by atoms with van der Waals surface area (Å²) in [7, 11) is -1.32. The van der Waals surface area contributed by atoms with Crippen LogP contribution in [0.1, 0.15) is 17.5 Å². The molecule has 0 bridgehead atoms. The van der Waals surface area contributed by atoms with Crippen LogP contribution in [0.25, 0.3) is 0 Å². The third kappa shape index (κ3) is 3.21. The second-order valence-electron chi connectivity index (χ2n) is 5.42. The van der Waals surface area contributed by atoms with Gasteiger partial charge in [0, 0.05) is 17.7 Å². The second-order valence-corrected chi connectivity index (χ2v) is 10.2. The van der Waals surface area contributed by atoms with Crippen LogP contribution < -0.4 is 5.32 Å². The van der Waals surface area contributed by atoms with E-state index in [-0.39, 0.29) is 5.91 Å². The lowest BCUT2D eigenvalue weighted by molar-refractivity contribution is -0.116. The number of hydrogen-bond donors (Lipinski definition) is 1. The number of aryl methyl sites for hydroxylation is 1. The summed E-state index contributed by atoms with van der Waals surface area (Å²) in [4.78, 5) is 11.2. The molecule has 0 saturated heterocycles. The minimum Gasteiger partial charge on any atom is -0.326 e. The zero-order valence-electron chi connectivity index (χ0n) is 10.6. The van der Waals surface area contributed by atoms with E-state index in [2.05, 4.69) is 42.5 Å². The summed E-state index contributed by atoms with van der Waals surface area (Å²) in [5, 5.41) is 2.88. The summed E-state index contributed by atoms with van der Waals surface area (Å²) in [6.45, 7) is 6.70. The second kappa shape index (κ2) is 4.38. The Morgan fingerprint density at radius 1 is 1.24 bits per heavy atom. The van der Waals surface area contributed by atoms with Gasteiger partial charge in [0.1, 0.15) is 8.07 Å². The Morgan fingerprint density at radius 2 is 2.00 bits per heavy atom. The highest BCUT2D eigenvalue weighted by Crippen LogP contribution is 2.23. The first-order valence-electron chi connectivity index (χ1n) is 5.90. The third-order valence-electron chi connectivity index (χ3n) is 2.58. The first kappa shape index (κ1) is 11.9. The molecule has 1 aromatic carbocycles. The van der Waals surface area contributed by atoms with Crippen LogP contribution in [0.5, 0.6) is 0 Å². The van der Waals surface area contributed by atoms with Gasteiger partial charge in [-0.15, -0.1) is 5.54 Å². The van der Waals surface area contributed by atoms with Gasteiger partial charge in [0.2, 0.25) is 5.91 Å². The zero-order chi connectivity index (χ0) is 12.5. The van der Waals surface area contributed by atoms with E-state index >= 15 is 0 Å². The van der Waals surface area contributed by atoms with E-state index in [4.69, 9.17) is 0 Å². The third-order valence-corrected chi connectivity index (χ3v) is 3.46. The van der Waals surface area contributed by atoms with Gasteiger partial charge in [-0.05, 0) is 30.2 Å². The minimum absolute atomic E-state index is 0.110. The van der Waals surface area contributed by atoms with Crippen molar-refractivity contribution in [2.75, 3.05) is 5.32 Å². The maximum atomic E-state index is 11.2. The Labute approximate surface area is 103 Å². The van der Waals surface area contributed by atoms with Crippen LogP contribution in [0.4, 0.5) is 5.69 Å². The van der Waals surface area contributed by atoms with E-state index in [1.165, 1.54) is 5.56 Å². The van der Waals surface area contributed by atoms with Crippen molar-refractivity contribution in [1.82, 2.24) is 0 Å². The first-order chi connectivity index (χ1) is 7.94. The molecule has 1 aliphatic rings. The maximum Gasteiger partial charge on any atom is 0.224 e. The molecule has 1 aromatic rings. The van der Waals surface area contributed by atoms with Crippen LogP contribution in [-0.2, 0) is 11.2 Å². The number of amides is 1. The van der Waals surface area contributed by atoms with Gasteiger partial charge in [-0.25, -0.2) is 0 Å². The van der Waals surface area contributed by atoms with E-state index in [1.807, 2.05) is 12.1 Å². The smallest absolute Gasteiger partial charge is 0.224 e. The SMILES string of the molecule is C[Si](C)(C)C#Cc1ccc2c(c1)CCC(=O)N2. The van der Waals surface area contributed by atoms with Gasteiger partial charge in [-0.2, -0.15) is 0 Å². The number of benzene rings is 1. The van der Waals surface area contributed by atoms with Gasteiger partial charge in [-0.1, -0.05) is 25.6 Å². The van der Waals surface area contributed by atoms with Gasteiger partial charge < -0.3 is 5.32 Å². The van der Waals surface area contributed by atoms with Crippen LogP contribution in [0.2, 0.25) is 19.6 Å². The predicted molar refractivity (Wildman–Crippen MR) is 73.6 cm³/mol. The molecule has 0 atom stereocenters. The highest BCUT2D eigenvalue weighted by atomic mass is 28.3. The minimum atomic E-state index is -1.32. The predicted octanol–water partition coefficient (Wildman–Crippen LogP) is 2.80. The highest BCUT2D eigenvalue weighted by molar-refractivity contribution is 6.83. The van der Waals surface area contributed by atoms with Crippen molar-refractivity contribution in [1.29, 1.82) is 0 Å². The maximum absolute atomic E-state index is 11.2. The topological polar surface area (TPSA) is 29.1 Å². The van der Waals surface area contributed by atoms with Crippen LogP contribution in [0.15, 0.2) is 18.2 Å². The van der Waals surface area contributed by atoms with Crippen molar-refractivity contribution < 1.29 is 4.79 Å². The summed E-state index contributed by atoms with van der Waals surface area (Å²) in [5.41, 5.74) is 6.56. The van der Waals surface area contributed by atoms with Crippen molar-refractivity contribution in [2.24, 2.45) is 0 Å². The molecule has 0 unspecified atom stereocenters. The number of carbonyl (C=O) groups is 1. The molecular formula is C14H17NOSi. The Kier molecular flexibility index (Phi) is 3.08. The molecule has 1 heterocycles. The molecule has 0 saturated carbocycles. The number of hydrogen-bond acceptors (Lipinski definition) is 1. The Bertz CT molecular complexity index is 517. The number of fused-ring (bicyclic) bond motifs is 1. The fourth-order valence-electron chi connectivity index (χ4n) is 1.72. The Balaban J connectivity index is 2.28. The number of rotatable bonds is 0. The quantitative estimate of drug-likeness (QED) is 0.551. The van der Waals surface area contributed by atoms with Crippen LogP contribution in [0, 0.1) is 11.5 Å². The molecule has 2 nitrogen and oxygen atoms in total. The standard InChI is InChI=1S/C14H17NOSi/c1-17(2,3)9-8-11-4-6-13-12(10-11)5-7-14(16)15-13/h4,6,10H,5,7H2,1-3H3,(H,15,16). The molecule has 0 aromatic heterocycles. The lowest BCUT2D eigenvalue weighted by Gasteiger charge is -2.16. The summed E-state index contributed by atoms with van der Waals surface area (Å²) in [5.74, 6) is 3.35. The Hall–Kier alpha value is -1.53. The average Bonchev–Trinajstić information content (AvgIpc) is 2.25. The van der Waals surface area contributed by atoms with Gasteiger partial charge in [0.05, 0.1) is 0 Å². The highest BCUT2D eigenvalue weighted by Gasteiger charge is 2.14. The summed E-state index contributed by atoms with van der Waals surface area (Å²) < 4.78 is 0. The van der Waals surface area contributed by atoms with E-state index in [1.54, 1.807) is 0 Å². The Morgan fingerprint density at radius 3 is 2.71 bits per heavy atom. The number of anilines is 1. The van der Waals surface area contributed by atoms with Gasteiger partial charge in [0.25, 0.3) is 0 Å². The molecule has 1 aliphatic heterocycles. The van der Waals surface area contributed by atoms with E-state index < -0.39 is 8.07 Å². The molecule has 17 heavy (non-hydrogen) atoms. The monoisotopic (exact) mass is 243 g/mol. The summed E-state index contributed by atoms with van der Waals surface area (Å²) in [6, 6.07) is 6.04. The first-order valence-corrected chi connectivity index (χ1v) is 9.40. The van der Waals surface area contributed by atoms with Crippen molar-refractivity contribution >= 4 is 19.7 Å². The molecule has 0 fully saturated rings. The average molecular weight is 243 g/mol. The summed E-state index contributed by atoms with van der Waals surface area (Å²) in [6.07, 6.45) is 1.40. The van der Waals surface area contributed by atoms with Crippen LogP contribution in [-0.4, -0.2) is 14.0 Å². The van der Waals surface area contributed by atoms with E-state index in [9.17, 15) is 4.79 Å². The van der Waals surface area contributed by atoms with Gasteiger partial charge in [-0.3, -0.25) is 4.79 Å². The van der Waals surface area contributed by atoms with Crippen molar-refractivity contribution in [3.05, 3.63) is 29.3 Å². The van der Waals surface area contributed by atoms with Crippen LogP contribution >= 0.6 is 0 Å². The fourth-order valence-corrected chi connectivity index (χ4v) is 2.24. The normalized spacial score (nSPS) is 14.4. The number of nitrogens with one attached hydrogen (secondary N) is 1. The molecule has 0 aliphatic carbocycles. The fraction of sp³-hybridized carbons (Fsp3) is 0.357. The van der Waals surface area contributed by atoms with Crippen molar-refractivity contribution in [3.63, 3.8) is 0 Å². The molecule has 0 spiro atoms. The lowest BCUT2D eigenvalue weighted by atomic mass is 10.0. The number of carbonyl (C=O) groups excluding carboxylic acids is 1.